The van der Waals surface area contributed by atoms with Crippen LogP contribution in [0.25, 0.3) is 11.3 Å². The second kappa shape index (κ2) is 5.86. The molecule has 0 amide bonds. The number of pyridine rings is 1. The molecule has 21 heavy (non-hydrogen) atoms. The summed E-state index contributed by atoms with van der Waals surface area (Å²) in [5.41, 5.74) is -1.35. The second-order valence-corrected chi connectivity index (χ2v) is 3.95. The number of aromatic nitrogens is 3. The van der Waals surface area contributed by atoms with Gasteiger partial charge in [-0.1, -0.05) is 0 Å². The summed E-state index contributed by atoms with van der Waals surface area (Å²) in [7, 11) is 0. The molecule has 0 unspecified atom stereocenters. The lowest BCUT2D eigenvalue weighted by molar-refractivity contribution is -0.137. The molecule has 0 radical (unpaired) electrons. The molecule has 8 heteroatoms. The van der Waals surface area contributed by atoms with Crippen molar-refractivity contribution in [2.24, 2.45) is 0 Å². The largest absolute Gasteiger partial charge is 0.461 e. The molecular formula is C13H10F3N3O2. The van der Waals surface area contributed by atoms with E-state index in [1.54, 1.807) is 6.92 Å². The third-order valence-corrected chi connectivity index (χ3v) is 2.53. The Bertz CT molecular complexity index is 659. The van der Waals surface area contributed by atoms with Gasteiger partial charge in [0.2, 0.25) is 0 Å². The number of esters is 1. The van der Waals surface area contributed by atoms with Crippen LogP contribution in [-0.4, -0.2) is 27.8 Å². The minimum absolute atomic E-state index is 0.0426. The second-order valence-electron chi connectivity index (χ2n) is 3.95. The molecule has 0 saturated heterocycles. The minimum atomic E-state index is -4.56. The van der Waals surface area contributed by atoms with Crippen molar-refractivity contribution in [1.82, 2.24) is 15.2 Å². The summed E-state index contributed by atoms with van der Waals surface area (Å²) < 4.78 is 43.6. The van der Waals surface area contributed by atoms with E-state index in [0.29, 0.717) is 0 Å². The predicted octanol–water partition coefficient (Wildman–Crippen LogP) is 2.73. The van der Waals surface area contributed by atoms with Gasteiger partial charge in [0, 0.05) is 11.8 Å². The normalized spacial score (nSPS) is 11.2. The molecule has 2 aromatic heterocycles. The van der Waals surface area contributed by atoms with E-state index in [4.69, 9.17) is 4.74 Å². The smallest absolute Gasteiger partial charge is 0.418 e. The van der Waals surface area contributed by atoms with Crippen LogP contribution in [-0.2, 0) is 10.9 Å². The van der Waals surface area contributed by atoms with Gasteiger partial charge < -0.3 is 4.74 Å². The highest BCUT2D eigenvalue weighted by Crippen LogP contribution is 2.35. The van der Waals surface area contributed by atoms with E-state index in [0.717, 1.165) is 12.3 Å². The van der Waals surface area contributed by atoms with Crippen LogP contribution in [0.4, 0.5) is 13.2 Å². The van der Waals surface area contributed by atoms with Gasteiger partial charge in [-0.15, -0.1) is 5.10 Å². The zero-order chi connectivity index (χ0) is 15.5. The first-order valence-corrected chi connectivity index (χ1v) is 5.96. The van der Waals surface area contributed by atoms with Gasteiger partial charge >= 0.3 is 12.1 Å². The monoisotopic (exact) mass is 297 g/mol. The number of rotatable bonds is 3. The van der Waals surface area contributed by atoms with Crippen molar-refractivity contribution < 1.29 is 22.7 Å². The Morgan fingerprint density at radius 2 is 2.14 bits per heavy atom. The number of halogens is 3. The fourth-order valence-electron chi connectivity index (χ4n) is 1.67. The lowest BCUT2D eigenvalue weighted by atomic mass is 10.1. The highest BCUT2D eigenvalue weighted by molar-refractivity contribution is 5.88. The highest BCUT2D eigenvalue weighted by atomic mass is 19.4. The third-order valence-electron chi connectivity index (χ3n) is 2.53. The molecule has 0 bridgehead atoms. The Balaban J connectivity index is 2.49. The average molecular weight is 297 g/mol. The number of hydrogen-bond acceptors (Lipinski definition) is 5. The van der Waals surface area contributed by atoms with Gasteiger partial charge in [-0.05, 0) is 25.1 Å². The van der Waals surface area contributed by atoms with Crippen molar-refractivity contribution in [2.75, 3.05) is 6.61 Å². The SMILES string of the molecule is CCOC(=O)c1cc(-c2ncccc2C(F)(F)F)cnn1. The number of carbonyl (C=O) groups excluding carboxylic acids is 1. The standard InChI is InChI=1S/C13H10F3N3O2/c1-2-21-12(20)10-6-8(7-18-19-10)11-9(13(14,15)16)4-3-5-17-11/h3-7H,2H2,1H3. The topological polar surface area (TPSA) is 65.0 Å². The summed E-state index contributed by atoms with van der Waals surface area (Å²) in [4.78, 5) is 15.3. The van der Waals surface area contributed by atoms with Crippen LogP contribution in [0, 0.1) is 0 Å². The van der Waals surface area contributed by atoms with Crippen molar-refractivity contribution in [3.63, 3.8) is 0 Å². The first kappa shape index (κ1) is 14.9. The Hall–Kier alpha value is -2.51. The minimum Gasteiger partial charge on any atom is -0.461 e. The van der Waals surface area contributed by atoms with Crippen molar-refractivity contribution in [1.29, 1.82) is 0 Å². The van der Waals surface area contributed by atoms with Crippen molar-refractivity contribution >= 4 is 5.97 Å². The number of ether oxygens (including phenoxy) is 1. The van der Waals surface area contributed by atoms with Gasteiger partial charge in [-0.25, -0.2) is 4.79 Å². The zero-order valence-corrected chi connectivity index (χ0v) is 10.9. The molecule has 0 aliphatic rings. The van der Waals surface area contributed by atoms with Crippen molar-refractivity contribution in [3.8, 4) is 11.3 Å². The number of alkyl halides is 3. The zero-order valence-electron chi connectivity index (χ0n) is 10.9. The molecule has 2 heterocycles. The molecule has 110 valence electrons. The van der Waals surface area contributed by atoms with Gasteiger partial charge in [0.15, 0.2) is 5.69 Å². The summed E-state index contributed by atoms with van der Waals surface area (Å²) >= 11 is 0. The molecule has 5 nitrogen and oxygen atoms in total. The first-order chi connectivity index (χ1) is 9.93. The summed E-state index contributed by atoms with van der Waals surface area (Å²) in [5, 5.41) is 7.07. The van der Waals surface area contributed by atoms with Crippen molar-refractivity contribution in [3.05, 3.63) is 41.9 Å². The van der Waals surface area contributed by atoms with E-state index in [1.165, 1.54) is 18.3 Å². The molecule has 0 saturated carbocycles. The molecule has 0 spiro atoms. The van der Waals surface area contributed by atoms with Gasteiger partial charge in [-0.2, -0.15) is 18.3 Å². The van der Waals surface area contributed by atoms with Crippen LogP contribution in [0.2, 0.25) is 0 Å². The highest BCUT2D eigenvalue weighted by Gasteiger charge is 2.34. The van der Waals surface area contributed by atoms with Crippen LogP contribution in [0.3, 0.4) is 0 Å². The van der Waals surface area contributed by atoms with Crippen molar-refractivity contribution in [2.45, 2.75) is 13.1 Å². The van der Waals surface area contributed by atoms with Crippen LogP contribution in [0.1, 0.15) is 23.0 Å². The fourth-order valence-corrected chi connectivity index (χ4v) is 1.67. The van der Waals surface area contributed by atoms with E-state index >= 15 is 0 Å². The van der Waals surface area contributed by atoms with Gasteiger partial charge in [-0.3, -0.25) is 4.98 Å². The first-order valence-electron chi connectivity index (χ1n) is 5.96. The number of hydrogen-bond donors (Lipinski definition) is 0. The maximum Gasteiger partial charge on any atom is 0.418 e. The van der Waals surface area contributed by atoms with Gasteiger partial charge in [0.1, 0.15) is 0 Å². The van der Waals surface area contributed by atoms with Crippen LogP contribution >= 0.6 is 0 Å². The number of nitrogens with zero attached hydrogens (tertiary/aromatic N) is 3. The molecule has 0 atom stereocenters. The summed E-state index contributed by atoms with van der Waals surface area (Å²) in [6.07, 6.45) is -2.22. The molecule has 2 aromatic rings. The fraction of sp³-hybridized carbons (Fsp3) is 0.231. The molecule has 2 rings (SSSR count). The summed E-state index contributed by atoms with van der Waals surface area (Å²) in [5.74, 6) is -0.753. The Labute approximate surface area is 117 Å². The lowest BCUT2D eigenvalue weighted by Gasteiger charge is -2.11. The Kier molecular flexibility index (Phi) is 4.15. The van der Waals surface area contributed by atoms with Gasteiger partial charge in [0.05, 0.1) is 24.1 Å². The Morgan fingerprint density at radius 1 is 1.38 bits per heavy atom. The maximum atomic E-state index is 12.9. The van der Waals surface area contributed by atoms with E-state index in [-0.39, 0.29) is 23.6 Å². The maximum absolute atomic E-state index is 12.9. The molecule has 0 aromatic carbocycles. The molecule has 0 fully saturated rings. The van der Waals surface area contributed by atoms with E-state index in [2.05, 4.69) is 15.2 Å². The van der Waals surface area contributed by atoms with Crippen LogP contribution in [0.5, 0.6) is 0 Å². The quantitative estimate of drug-likeness (QED) is 0.815. The molecule has 0 aliphatic heterocycles. The van der Waals surface area contributed by atoms with Gasteiger partial charge in [0.25, 0.3) is 0 Å². The average Bonchev–Trinajstić information content (AvgIpc) is 2.47. The predicted molar refractivity (Wildman–Crippen MR) is 66.2 cm³/mol. The van der Waals surface area contributed by atoms with E-state index in [9.17, 15) is 18.0 Å². The Morgan fingerprint density at radius 3 is 2.81 bits per heavy atom. The number of carbonyl (C=O) groups is 1. The van der Waals surface area contributed by atoms with Crippen LogP contribution < -0.4 is 0 Å². The third kappa shape index (κ3) is 3.33. The van der Waals surface area contributed by atoms with E-state index in [1.807, 2.05) is 0 Å². The molecular weight excluding hydrogens is 287 g/mol. The molecule has 0 N–H and O–H groups in total. The van der Waals surface area contributed by atoms with Crippen LogP contribution in [0.15, 0.2) is 30.6 Å². The molecule has 0 aliphatic carbocycles. The van der Waals surface area contributed by atoms with E-state index < -0.39 is 17.7 Å². The lowest BCUT2D eigenvalue weighted by Crippen LogP contribution is -2.10. The summed E-state index contributed by atoms with van der Waals surface area (Å²) in [6.45, 7) is 1.73. The summed E-state index contributed by atoms with van der Waals surface area (Å²) in [6, 6.07) is 3.27.